The molecule has 0 unspecified atom stereocenters. The van der Waals surface area contributed by atoms with E-state index in [4.69, 9.17) is 0 Å². The van der Waals surface area contributed by atoms with Crippen LogP contribution in [0, 0.1) is 26.7 Å². The van der Waals surface area contributed by atoms with Gasteiger partial charge in [0.2, 0.25) is 11.8 Å². The number of amides is 2. The van der Waals surface area contributed by atoms with Gasteiger partial charge in [0.15, 0.2) is 0 Å². The topological polar surface area (TPSA) is 86.8 Å². The van der Waals surface area contributed by atoms with Crippen molar-refractivity contribution in [2.45, 2.75) is 58.5 Å². The fraction of sp³-hybridized carbons (Fsp3) is 0.297. The van der Waals surface area contributed by atoms with Crippen molar-refractivity contribution in [1.82, 2.24) is 10.2 Å². The van der Waals surface area contributed by atoms with Gasteiger partial charge in [0, 0.05) is 19.5 Å². The highest BCUT2D eigenvalue weighted by atomic mass is 32.2. The normalized spacial score (nSPS) is 12.0. The van der Waals surface area contributed by atoms with Gasteiger partial charge in [-0.25, -0.2) is 8.42 Å². The molecular weight excluding hydrogens is 582 g/mol. The first-order valence-electron chi connectivity index (χ1n) is 15.3. The fourth-order valence-electron chi connectivity index (χ4n) is 5.22. The lowest BCUT2D eigenvalue weighted by Crippen LogP contribution is -2.53. The van der Waals surface area contributed by atoms with Crippen molar-refractivity contribution >= 4 is 27.5 Å². The molecule has 0 heterocycles. The van der Waals surface area contributed by atoms with Gasteiger partial charge >= 0.3 is 0 Å². The number of sulfonamides is 1. The molecule has 4 rings (SSSR count). The van der Waals surface area contributed by atoms with Crippen molar-refractivity contribution in [1.29, 1.82) is 0 Å². The number of rotatable bonds is 13. The molecule has 0 bridgehead atoms. The van der Waals surface area contributed by atoms with Crippen molar-refractivity contribution in [2.24, 2.45) is 5.92 Å². The molecule has 2 amide bonds. The van der Waals surface area contributed by atoms with Crippen LogP contribution >= 0.6 is 0 Å². The van der Waals surface area contributed by atoms with E-state index in [1.807, 2.05) is 95.3 Å². The number of hydrogen-bond donors (Lipinski definition) is 1. The van der Waals surface area contributed by atoms with E-state index in [2.05, 4.69) is 5.32 Å². The molecule has 1 atom stereocenters. The number of carbonyl (C=O) groups is 2. The van der Waals surface area contributed by atoms with Crippen molar-refractivity contribution in [2.75, 3.05) is 17.4 Å². The zero-order valence-corrected chi connectivity index (χ0v) is 27.6. The zero-order chi connectivity index (χ0) is 32.6. The summed E-state index contributed by atoms with van der Waals surface area (Å²) in [7, 11) is -4.14. The Morgan fingerprint density at radius 3 is 2.04 bits per heavy atom. The van der Waals surface area contributed by atoms with Crippen molar-refractivity contribution in [3.8, 4) is 0 Å². The number of anilines is 1. The molecule has 0 aliphatic rings. The van der Waals surface area contributed by atoms with Crippen LogP contribution in [0.3, 0.4) is 0 Å². The second-order valence-electron chi connectivity index (χ2n) is 11.9. The second-order valence-corrected chi connectivity index (χ2v) is 13.8. The Balaban J connectivity index is 1.82. The molecule has 0 fully saturated rings. The van der Waals surface area contributed by atoms with Crippen LogP contribution in [-0.4, -0.2) is 44.3 Å². The molecule has 8 heteroatoms. The molecule has 236 valence electrons. The van der Waals surface area contributed by atoms with Crippen LogP contribution < -0.4 is 9.62 Å². The summed E-state index contributed by atoms with van der Waals surface area (Å²) in [5, 5.41) is 3.03. The summed E-state index contributed by atoms with van der Waals surface area (Å²) in [5.74, 6) is -0.543. The van der Waals surface area contributed by atoms with Gasteiger partial charge < -0.3 is 10.2 Å². The third kappa shape index (κ3) is 8.60. The highest BCUT2D eigenvalue weighted by Gasteiger charge is 2.35. The minimum absolute atomic E-state index is 0.0828. The summed E-state index contributed by atoms with van der Waals surface area (Å²) in [6.45, 7) is 9.87. The lowest BCUT2D eigenvalue weighted by molar-refractivity contribution is -0.140. The van der Waals surface area contributed by atoms with E-state index in [1.54, 1.807) is 30.3 Å². The van der Waals surface area contributed by atoms with E-state index in [-0.39, 0.29) is 29.7 Å². The average Bonchev–Trinajstić information content (AvgIpc) is 3.02. The first kappa shape index (κ1) is 33.5. The highest BCUT2D eigenvalue weighted by molar-refractivity contribution is 7.92. The number of aryl methyl sites for hydroxylation is 2. The van der Waals surface area contributed by atoms with Gasteiger partial charge in [0.1, 0.15) is 12.6 Å². The van der Waals surface area contributed by atoms with Crippen molar-refractivity contribution in [3.63, 3.8) is 0 Å². The Kier molecular flexibility index (Phi) is 11.2. The third-order valence-corrected chi connectivity index (χ3v) is 9.62. The van der Waals surface area contributed by atoms with Gasteiger partial charge in [0.05, 0.1) is 10.6 Å². The summed E-state index contributed by atoms with van der Waals surface area (Å²) < 4.78 is 29.6. The number of hydrogen-bond acceptors (Lipinski definition) is 4. The first-order valence-corrected chi connectivity index (χ1v) is 16.7. The van der Waals surface area contributed by atoms with Gasteiger partial charge in [-0.2, -0.15) is 0 Å². The van der Waals surface area contributed by atoms with Gasteiger partial charge in [-0.1, -0.05) is 104 Å². The minimum Gasteiger partial charge on any atom is -0.354 e. The van der Waals surface area contributed by atoms with Crippen molar-refractivity contribution in [3.05, 3.63) is 131 Å². The van der Waals surface area contributed by atoms with Gasteiger partial charge in [-0.05, 0) is 67.1 Å². The van der Waals surface area contributed by atoms with E-state index in [9.17, 15) is 18.0 Å². The fourth-order valence-corrected chi connectivity index (χ4v) is 6.72. The minimum atomic E-state index is -4.14. The summed E-state index contributed by atoms with van der Waals surface area (Å²) in [6.07, 6.45) is 0.275. The molecule has 0 aliphatic carbocycles. The van der Waals surface area contributed by atoms with Crippen LogP contribution in [0.2, 0.25) is 0 Å². The Morgan fingerprint density at radius 1 is 0.778 bits per heavy atom. The molecule has 0 spiro atoms. The van der Waals surface area contributed by atoms with Crippen molar-refractivity contribution < 1.29 is 18.0 Å². The van der Waals surface area contributed by atoms with E-state index >= 15 is 0 Å². The van der Waals surface area contributed by atoms with E-state index in [0.717, 1.165) is 27.8 Å². The Labute approximate surface area is 268 Å². The maximum atomic E-state index is 14.6. The maximum absolute atomic E-state index is 14.6. The van der Waals surface area contributed by atoms with E-state index in [1.165, 1.54) is 21.3 Å². The number of benzene rings is 4. The molecule has 0 radical (unpaired) electrons. The van der Waals surface area contributed by atoms with Crippen LogP contribution in [0.5, 0.6) is 0 Å². The molecule has 1 N–H and O–H groups in total. The molecule has 0 aromatic heterocycles. The predicted molar refractivity (Wildman–Crippen MR) is 180 cm³/mol. The lowest BCUT2D eigenvalue weighted by atomic mass is 10.0. The summed E-state index contributed by atoms with van der Waals surface area (Å²) in [5.41, 5.74) is 4.85. The zero-order valence-electron chi connectivity index (χ0n) is 26.7. The molecule has 4 aromatic carbocycles. The number of carbonyl (C=O) groups excluding carboxylic acids is 2. The molecule has 7 nitrogen and oxygen atoms in total. The SMILES string of the molecule is Cc1cccc(CN(C(=O)CN(c2cccc(C)c2C)S(=O)(=O)c2ccccc2)[C@@H](Cc2ccccc2)C(=O)NCC(C)C)c1. The van der Waals surface area contributed by atoms with Crippen LogP contribution in [0.25, 0.3) is 0 Å². The lowest BCUT2D eigenvalue weighted by Gasteiger charge is -2.34. The summed E-state index contributed by atoms with van der Waals surface area (Å²) >= 11 is 0. The molecule has 0 saturated carbocycles. The molecule has 4 aromatic rings. The monoisotopic (exact) mass is 625 g/mol. The largest absolute Gasteiger partial charge is 0.354 e. The summed E-state index contributed by atoms with van der Waals surface area (Å²) in [4.78, 5) is 30.1. The molecule has 0 saturated heterocycles. The Hall–Kier alpha value is -4.43. The standard InChI is InChI=1S/C37H43N3O4S/c1-27(2)24-38-37(42)35(23-31-16-8-6-9-17-31)39(25-32-18-12-14-28(3)22-32)36(41)26-40(34-21-13-15-29(4)30(34)5)45(43,44)33-19-10-7-11-20-33/h6-22,27,35H,23-26H2,1-5H3,(H,38,42)/t35-/m0/s1. The Morgan fingerprint density at radius 2 is 1.40 bits per heavy atom. The predicted octanol–water partition coefficient (Wildman–Crippen LogP) is 6.22. The smallest absolute Gasteiger partial charge is 0.264 e. The third-order valence-electron chi connectivity index (χ3n) is 7.85. The van der Waals surface area contributed by atoms with E-state index in [0.29, 0.717) is 12.2 Å². The quantitative estimate of drug-likeness (QED) is 0.191. The number of nitrogens with zero attached hydrogens (tertiary/aromatic N) is 2. The maximum Gasteiger partial charge on any atom is 0.264 e. The number of nitrogens with one attached hydrogen (secondary N) is 1. The first-order chi connectivity index (χ1) is 21.5. The molecular formula is C37H43N3O4S. The van der Waals surface area contributed by atoms with Crippen LogP contribution in [-0.2, 0) is 32.6 Å². The summed E-state index contributed by atoms with van der Waals surface area (Å²) in [6, 6.07) is 30.0. The second kappa shape index (κ2) is 15.0. The van der Waals surface area contributed by atoms with Gasteiger partial charge in [0.25, 0.3) is 10.0 Å². The van der Waals surface area contributed by atoms with Crippen LogP contribution in [0.15, 0.2) is 108 Å². The molecule has 0 aliphatic heterocycles. The highest BCUT2D eigenvalue weighted by Crippen LogP contribution is 2.29. The Bertz CT molecular complexity index is 1710. The molecule has 45 heavy (non-hydrogen) atoms. The van der Waals surface area contributed by atoms with E-state index < -0.39 is 28.5 Å². The van der Waals surface area contributed by atoms with Gasteiger partial charge in [-0.3, -0.25) is 13.9 Å². The van der Waals surface area contributed by atoms with Crippen LogP contribution in [0.4, 0.5) is 5.69 Å². The van der Waals surface area contributed by atoms with Crippen LogP contribution in [0.1, 0.15) is 41.7 Å². The average molecular weight is 626 g/mol. The van der Waals surface area contributed by atoms with Gasteiger partial charge in [-0.15, -0.1) is 0 Å².